The molecule has 0 N–H and O–H groups in total. The summed E-state index contributed by atoms with van der Waals surface area (Å²) in [6.07, 6.45) is -4.94. The molecule has 0 aliphatic heterocycles. The van der Waals surface area contributed by atoms with Crippen molar-refractivity contribution in [2.45, 2.75) is 107 Å². The van der Waals surface area contributed by atoms with Crippen LogP contribution >= 0.6 is 0 Å². The van der Waals surface area contributed by atoms with Gasteiger partial charge in [0.25, 0.3) is 0 Å². The fourth-order valence-corrected chi connectivity index (χ4v) is 11.2. The van der Waals surface area contributed by atoms with Crippen molar-refractivity contribution in [3.63, 3.8) is 0 Å². The van der Waals surface area contributed by atoms with Crippen LogP contribution in [-0.2, 0) is 38.1 Å². The average Bonchev–Trinajstić information content (AvgIpc) is 0.753. The lowest BCUT2D eigenvalue weighted by Gasteiger charge is -2.29. The van der Waals surface area contributed by atoms with Crippen molar-refractivity contribution in [2.24, 2.45) is 0 Å². The van der Waals surface area contributed by atoms with Crippen LogP contribution in [0.1, 0.15) is 146 Å². The van der Waals surface area contributed by atoms with Crippen LogP contribution in [0, 0.1) is 27.7 Å². The summed E-state index contributed by atoms with van der Waals surface area (Å²) < 4.78 is 95.0. The highest BCUT2D eigenvalue weighted by molar-refractivity contribution is 5.77. The summed E-state index contributed by atoms with van der Waals surface area (Å²) in [4.78, 5) is 111. The molecule has 8 aromatic carbocycles. The Morgan fingerprint density at radius 2 is 0.423 bits per heavy atom. The number of rotatable bonds is 24. The van der Waals surface area contributed by atoms with Gasteiger partial charge >= 0.3 is 48.5 Å². The van der Waals surface area contributed by atoms with Crippen LogP contribution in [0.15, 0.2) is 146 Å². The van der Waals surface area contributed by atoms with Gasteiger partial charge in [0.05, 0.1) is 26.4 Å². The fourth-order valence-electron chi connectivity index (χ4n) is 11.2. The van der Waals surface area contributed by atoms with E-state index in [-0.39, 0.29) is 140 Å². The quantitative estimate of drug-likeness (QED) is 0.0308. The van der Waals surface area contributed by atoms with E-state index < -0.39 is 98.6 Å². The minimum atomic E-state index is -1.24. The summed E-state index contributed by atoms with van der Waals surface area (Å²) in [5.41, 5.74) is 5.10. The van der Waals surface area contributed by atoms with E-state index in [4.69, 9.17) is 75.8 Å². The maximum Gasteiger partial charge on any atom is 0.519 e. The van der Waals surface area contributed by atoms with Crippen molar-refractivity contribution >= 4 is 48.5 Å². The van der Waals surface area contributed by atoms with Gasteiger partial charge in [-0.3, -0.25) is 0 Å². The molecule has 9 rings (SSSR count). The molecule has 0 spiro atoms. The summed E-state index contributed by atoms with van der Waals surface area (Å²) in [7, 11) is 0. The lowest BCUT2D eigenvalue weighted by Crippen LogP contribution is -2.21. The predicted octanol–water partition coefficient (Wildman–Crippen LogP) is 15.9. The number of carbonyl (C=O) groups is 8. The molecule has 0 saturated heterocycles. The molecule has 0 heterocycles. The number of hydrogen-bond donors (Lipinski definition) is 0. The molecular weight excluding hydrogens is 1340 g/mol. The Hall–Kier alpha value is -12.1. The van der Waals surface area contributed by atoms with Gasteiger partial charge in [0.15, 0.2) is 26.4 Å². The number of hydrogen-bond acceptors (Lipinski definition) is 24. The molecule has 0 amide bonds. The zero-order valence-corrected chi connectivity index (χ0v) is 59.6. The van der Waals surface area contributed by atoms with E-state index in [1.807, 2.05) is 27.7 Å². The molecule has 1 aliphatic rings. The molecule has 8 aromatic rings. The van der Waals surface area contributed by atoms with Crippen LogP contribution in [-0.4, -0.2) is 101 Å². The van der Waals surface area contributed by atoms with Gasteiger partial charge in [-0.15, -0.1) is 0 Å². The van der Waals surface area contributed by atoms with E-state index in [2.05, 4.69) is 0 Å². The SMILES string of the molecule is CCOC(=O)COc1cc(OCC(=O)OCC)c2cc1C(C)c1cc(c(OC(=O)Oc3ccc(C)cc3)cc1OC(=O)Oc1ccc(C)cc1)C(C)c1cc(c(OCC(=O)OCC)cc1OCC(=O)OCC)C(C)c1cc(c(OC(=O)Oc3ccc(C)cc3)cc1OC(=O)Oc1ccc(C)cc1)C2C. The minimum Gasteiger partial charge on any atom is -0.481 e. The molecule has 4 atom stereocenters. The van der Waals surface area contributed by atoms with Gasteiger partial charge < -0.3 is 75.8 Å². The first-order valence-electron chi connectivity index (χ1n) is 33.6. The summed E-state index contributed by atoms with van der Waals surface area (Å²) in [5, 5.41) is 0. The van der Waals surface area contributed by atoms with E-state index in [0.29, 0.717) is 0 Å². The second kappa shape index (κ2) is 35.5. The van der Waals surface area contributed by atoms with Crippen LogP contribution in [0.3, 0.4) is 0 Å². The first-order chi connectivity index (χ1) is 49.9. The molecule has 0 radical (unpaired) electrons. The van der Waals surface area contributed by atoms with Crippen LogP contribution in [0.4, 0.5) is 19.2 Å². The third kappa shape index (κ3) is 20.1. The monoisotopic (exact) mass is 1420 g/mol. The minimum absolute atomic E-state index is 0.00904. The summed E-state index contributed by atoms with van der Waals surface area (Å²) in [6.45, 7) is 18.0. The highest BCUT2D eigenvalue weighted by Gasteiger charge is 2.35. The molecule has 104 heavy (non-hydrogen) atoms. The van der Waals surface area contributed by atoms with Crippen LogP contribution in [0.25, 0.3) is 0 Å². The average molecular weight is 1430 g/mol. The molecular formula is C80H80O24. The molecule has 544 valence electrons. The lowest BCUT2D eigenvalue weighted by atomic mass is 9.80. The molecule has 0 fully saturated rings. The van der Waals surface area contributed by atoms with E-state index in [9.17, 15) is 38.4 Å². The van der Waals surface area contributed by atoms with E-state index in [1.54, 1.807) is 177 Å². The van der Waals surface area contributed by atoms with Crippen molar-refractivity contribution in [3.05, 3.63) is 212 Å². The topological polar surface area (TPSA) is 284 Å². The first-order valence-corrected chi connectivity index (χ1v) is 33.6. The van der Waals surface area contributed by atoms with Crippen molar-refractivity contribution in [2.75, 3.05) is 52.9 Å². The van der Waals surface area contributed by atoms with Crippen LogP contribution < -0.4 is 56.8 Å². The van der Waals surface area contributed by atoms with Crippen molar-refractivity contribution in [1.82, 2.24) is 0 Å². The summed E-state index contributed by atoms with van der Waals surface area (Å²) in [5.74, 6) is -8.10. The third-order valence-electron chi connectivity index (χ3n) is 16.6. The lowest BCUT2D eigenvalue weighted by molar-refractivity contribution is -0.146. The maximum atomic E-state index is 14.4. The van der Waals surface area contributed by atoms with Gasteiger partial charge in [0, 0.05) is 92.4 Å². The molecule has 24 nitrogen and oxygen atoms in total. The zero-order chi connectivity index (χ0) is 74.7. The number of ether oxygens (including phenoxy) is 16. The Balaban J connectivity index is 1.41. The Labute approximate surface area is 601 Å². The second-order valence-electron chi connectivity index (χ2n) is 24.0. The predicted molar refractivity (Wildman–Crippen MR) is 376 cm³/mol. The molecule has 0 saturated carbocycles. The van der Waals surface area contributed by atoms with Gasteiger partial charge in [-0.25, -0.2) is 38.4 Å². The van der Waals surface area contributed by atoms with Gasteiger partial charge in [0.2, 0.25) is 0 Å². The van der Waals surface area contributed by atoms with E-state index in [1.165, 1.54) is 24.3 Å². The van der Waals surface area contributed by atoms with Gasteiger partial charge in [-0.1, -0.05) is 98.5 Å². The zero-order valence-electron chi connectivity index (χ0n) is 59.6. The molecule has 4 unspecified atom stereocenters. The Morgan fingerprint density at radius 1 is 0.250 bits per heavy atom. The summed E-state index contributed by atoms with van der Waals surface area (Å²) >= 11 is 0. The summed E-state index contributed by atoms with van der Waals surface area (Å²) in [6, 6.07) is 38.2. The molecule has 8 bridgehead atoms. The number of esters is 4. The molecule has 24 heteroatoms. The first kappa shape index (κ1) is 76.1. The van der Waals surface area contributed by atoms with Crippen molar-refractivity contribution < 1.29 is 114 Å². The smallest absolute Gasteiger partial charge is 0.481 e. The van der Waals surface area contributed by atoms with Gasteiger partial charge in [-0.05, 0) is 128 Å². The normalized spacial score (nSPS) is 14.2. The fraction of sp³-hybridized carbons (Fsp3) is 0.300. The highest BCUT2D eigenvalue weighted by Crippen LogP contribution is 2.51. The highest BCUT2D eigenvalue weighted by atomic mass is 16.7. The van der Waals surface area contributed by atoms with Gasteiger partial charge in [-0.2, -0.15) is 0 Å². The number of fused-ring (bicyclic) bond motifs is 8. The standard InChI is InChI=1S/C80H80O24/c1-13-89-73(81)41-93-65-37-66(94-42-74(82)90-14-2)58-33-57(65)49(9)61-35-62(70(102-78(86)98-54-27-19-46(6)20-28-54)39-69(61)101-77(85)97-53-25-17-45(5)18-26-53)51(11)59-34-60(68(96-44-76(84)92-16-4)38-67(59)95-43-75(83)91-15-3)52(12)64-36-63(50(58)10)71(103-79(87)99-55-29-21-47(7)22-30-55)40-72(64)104-80(88)100-56-31-23-48(8)24-32-56/h17-40,49-52H,13-16,41-44H2,1-12H3. The van der Waals surface area contributed by atoms with E-state index >= 15 is 0 Å². The largest absolute Gasteiger partial charge is 0.519 e. The molecule has 0 aromatic heterocycles. The number of carbonyl (C=O) groups excluding carboxylic acids is 8. The Kier molecular flexibility index (Phi) is 26.0. The Morgan fingerprint density at radius 3 is 0.606 bits per heavy atom. The van der Waals surface area contributed by atoms with Gasteiger partial charge in [0.1, 0.15) is 69.0 Å². The van der Waals surface area contributed by atoms with E-state index in [0.717, 1.165) is 22.3 Å². The van der Waals surface area contributed by atoms with Crippen LogP contribution in [0.2, 0.25) is 0 Å². The maximum absolute atomic E-state index is 14.4. The van der Waals surface area contributed by atoms with Crippen LogP contribution in [0.5, 0.6) is 69.0 Å². The third-order valence-corrected chi connectivity index (χ3v) is 16.6. The number of aryl methyl sites for hydroxylation is 4. The Bertz CT molecular complexity index is 3880. The molecule has 1 aliphatic carbocycles. The number of benzene rings is 8. The van der Waals surface area contributed by atoms with Crippen molar-refractivity contribution in [3.8, 4) is 69.0 Å². The second-order valence-corrected chi connectivity index (χ2v) is 24.0. The van der Waals surface area contributed by atoms with Crippen molar-refractivity contribution in [1.29, 1.82) is 0 Å².